The smallest absolute Gasteiger partial charge is 0.267 e. The van der Waals surface area contributed by atoms with Crippen LogP contribution < -0.4 is 0 Å². The molecule has 2 atom stereocenters. The molecule has 0 radical (unpaired) electrons. The molecule has 1 aliphatic carbocycles. The van der Waals surface area contributed by atoms with E-state index < -0.39 is 0 Å². The van der Waals surface area contributed by atoms with Crippen LogP contribution in [0, 0.1) is 12.8 Å². The van der Waals surface area contributed by atoms with Crippen molar-refractivity contribution in [2.45, 2.75) is 32.2 Å². The van der Waals surface area contributed by atoms with Crippen molar-refractivity contribution in [2.75, 3.05) is 0 Å². The lowest BCUT2D eigenvalue weighted by atomic mass is 9.77. The second-order valence-electron chi connectivity index (χ2n) is 8.44. The number of carbonyl (C=O) groups excluding carboxylic acids is 1. The highest BCUT2D eigenvalue weighted by Crippen LogP contribution is 2.44. The summed E-state index contributed by atoms with van der Waals surface area (Å²) in [7, 11) is 0. The number of aryl methyl sites for hydroxylation is 1. The SMILES string of the molecule is Cc1ccc(C(=O)N2N=C3/C(=C/c4ccccc4)CCC[C@@H]3[C@@H]2c2ccccc2)cc1. The summed E-state index contributed by atoms with van der Waals surface area (Å²) in [5.41, 5.74) is 6.48. The third-order valence-electron chi connectivity index (χ3n) is 6.29. The van der Waals surface area contributed by atoms with Gasteiger partial charge in [-0.15, -0.1) is 0 Å². The summed E-state index contributed by atoms with van der Waals surface area (Å²) in [4.78, 5) is 13.5. The highest BCUT2D eigenvalue weighted by atomic mass is 16.2. The average molecular weight is 407 g/mol. The van der Waals surface area contributed by atoms with Gasteiger partial charge in [-0.25, -0.2) is 5.01 Å². The molecule has 1 saturated carbocycles. The molecule has 0 unspecified atom stereocenters. The molecule has 3 aromatic carbocycles. The van der Waals surface area contributed by atoms with Gasteiger partial charge in [0.15, 0.2) is 0 Å². The van der Waals surface area contributed by atoms with Crippen molar-refractivity contribution in [2.24, 2.45) is 11.0 Å². The highest BCUT2D eigenvalue weighted by molar-refractivity contribution is 6.09. The maximum absolute atomic E-state index is 13.5. The van der Waals surface area contributed by atoms with Crippen molar-refractivity contribution in [3.05, 3.63) is 113 Å². The Bertz CT molecular complexity index is 1130. The second-order valence-corrected chi connectivity index (χ2v) is 8.44. The van der Waals surface area contributed by atoms with Crippen LogP contribution >= 0.6 is 0 Å². The molecule has 0 N–H and O–H groups in total. The molecule has 154 valence electrons. The van der Waals surface area contributed by atoms with Crippen LogP contribution in [0.2, 0.25) is 0 Å². The van der Waals surface area contributed by atoms with Crippen LogP contribution in [-0.4, -0.2) is 16.6 Å². The summed E-state index contributed by atoms with van der Waals surface area (Å²) in [5.74, 6) is 0.190. The zero-order chi connectivity index (χ0) is 21.2. The second kappa shape index (κ2) is 8.35. The number of rotatable bonds is 3. The molecule has 3 aromatic rings. The minimum absolute atomic E-state index is 0.0326. The van der Waals surface area contributed by atoms with E-state index in [0.29, 0.717) is 5.56 Å². The molecule has 0 spiro atoms. The molecule has 31 heavy (non-hydrogen) atoms. The minimum Gasteiger partial charge on any atom is -0.267 e. The standard InChI is InChI=1S/C28H26N2O/c1-20-15-17-23(18-16-20)28(31)30-27(22-11-6-3-7-12-22)25-14-8-13-24(26(25)29-30)19-21-9-4-2-5-10-21/h2-7,9-12,15-19,25,27H,8,13-14H2,1H3/b24-19+/t25-,27-/m0/s1. The summed E-state index contributed by atoms with van der Waals surface area (Å²) < 4.78 is 0. The van der Waals surface area contributed by atoms with Crippen LogP contribution in [0.3, 0.4) is 0 Å². The number of allylic oxidation sites excluding steroid dienone is 1. The third kappa shape index (κ3) is 3.84. The molecule has 0 bridgehead atoms. The fourth-order valence-electron chi connectivity index (χ4n) is 4.73. The van der Waals surface area contributed by atoms with E-state index >= 15 is 0 Å². The Morgan fingerprint density at radius 2 is 1.61 bits per heavy atom. The normalized spacial score (nSPS) is 21.6. The van der Waals surface area contributed by atoms with E-state index in [1.165, 1.54) is 11.1 Å². The number of hydrazone groups is 1. The summed E-state index contributed by atoms with van der Waals surface area (Å²) in [5, 5.41) is 6.72. The number of fused-ring (bicyclic) bond motifs is 1. The lowest BCUT2D eigenvalue weighted by molar-refractivity contribution is 0.0681. The summed E-state index contributed by atoms with van der Waals surface area (Å²) in [6.07, 6.45) is 5.39. The fraction of sp³-hybridized carbons (Fsp3) is 0.214. The minimum atomic E-state index is -0.0653. The fourth-order valence-corrected chi connectivity index (χ4v) is 4.73. The lowest BCUT2D eigenvalue weighted by Crippen LogP contribution is -2.31. The average Bonchev–Trinajstić information content (AvgIpc) is 3.21. The quantitative estimate of drug-likeness (QED) is 0.493. The van der Waals surface area contributed by atoms with Crippen molar-refractivity contribution in [1.29, 1.82) is 0 Å². The Morgan fingerprint density at radius 1 is 0.935 bits per heavy atom. The van der Waals surface area contributed by atoms with E-state index in [0.717, 1.165) is 36.1 Å². The zero-order valence-corrected chi connectivity index (χ0v) is 17.7. The third-order valence-corrected chi connectivity index (χ3v) is 6.29. The first-order chi connectivity index (χ1) is 15.2. The van der Waals surface area contributed by atoms with Crippen LogP contribution in [0.4, 0.5) is 0 Å². The molecule has 1 fully saturated rings. The van der Waals surface area contributed by atoms with Crippen LogP contribution in [-0.2, 0) is 0 Å². The van der Waals surface area contributed by atoms with Gasteiger partial charge in [0.2, 0.25) is 0 Å². The number of carbonyl (C=O) groups is 1. The van der Waals surface area contributed by atoms with Gasteiger partial charge in [0.1, 0.15) is 0 Å². The number of nitrogens with zero attached hydrogens (tertiary/aromatic N) is 2. The summed E-state index contributed by atoms with van der Waals surface area (Å²) in [6.45, 7) is 2.03. The molecule has 0 aromatic heterocycles. The molecule has 1 aliphatic heterocycles. The number of hydrogen-bond donors (Lipinski definition) is 0. The Kier molecular flexibility index (Phi) is 5.25. The van der Waals surface area contributed by atoms with Gasteiger partial charge in [-0.3, -0.25) is 4.79 Å². The van der Waals surface area contributed by atoms with Crippen molar-refractivity contribution in [1.82, 2.24) is 5.01 Å². The van der Waals surface area contributed by atoms with Crippen molar-refractivity contribution < 1.29 is 4.79 Å². The van der Waals surface area contributed by atoms with Crippen molar-refractivity contribution >= 4 is 17.7 Å². The monoisotopic (exact) mass is 406 g/mol. The Balaban J connectivity index is 1.57. The molecule has 1 amide bonds. The van der Waals surface area contributed by atoms with Gasteiger partial charge in [-0.05, 0) is 61.1 Å². The highest BCUT2D eigenvalue weighted by Gasteiger charge is 2.43. The maximum Gasteiger partial charge on any atom is 0.274 e. The van der Waals surface area contributed by atoms with E-state index in [-0.39, 0.29) is 17.9 Å². The Labute approximate surface area is 183 Å². The predicted octanol–water partition coefficient (Wildman–Crippen LogP) is 6.43. The first-order valence-corrected chi connectivity index (χ1v) is 11.0. The Morgan fingerprint density at radius 3 is 2.32 bits per heavy atom. The predicted molar refractivity (Wildman–Crippen MR) is 126 cm³/mol. The lowest BCUT2D eigenvalue weighted by Gasteiger charge is -2.29. The molecule has 3 heteroatoms. The maximum atomic E-state index is 13.5. The van der Waals surface area contributed by atoms with Crippen LogP contribution in [0.25, 0.3) is 6.08 Å². The van der Waals surface area contributed by atoms with Gasteiger partial charge in [-0.2, -0.15) is 5.10 Å². The number of benzene rings is 3. The molecule has 1 heterocycles. The topological polar surface area (TPSA) is 32.7 Å². The van der Waals surface area contributed by atoms with Gasteiger partial charge >= 0.3 is 0 Å². The first kappa shape index (κ1) is 19.5. The van der Waals surface area contributed by atoms with Crippen molar-refractivity contribution in [3.8, 4) is 0 Å². The molecule has 3 nitrogen and oxygen atoms in total. The van der Waals surface area contributed by atoms with E-state index in [1.54, 1.807) is 5.01 Å². The number of hydrogen-bond acceptors (Lipinski definition) is 2. The zero-order valence-electron chi connectivity index (χ0n) is 17.7. The van der Waals surface area contributed by atoms with E-state index in [4.69, 9.17) is 5.10 Å². The van der Waals surface area contributed by atoms with E-state index in [2.05, 4.69) is 42.5 Å². The van der Waals surface area contributed by atoms with Crippen LogP contribution in [0.1, 0.15) is 52.4 Å². The van der Waals surface area contributed by atoms with Gasteiger partial charge in [-0.1, -0.05) is 78.4 Å². The van der Waals surface area contributed by atoms with Crippen LogP contribution in [0.15, 0.2) is 95.6 Å². The summed E-state index contributed by atoms with van der Waals surface area (Å²) >= 11 is 0. The van der Waals surface area contributed by atoms with Crippen LogP contribution in [0.5, 0.6) is 0 Å². The molecule has 2 aliphatic rings. The number of amides is 1. The molecular formula is C28H26N2O. The largest absolute Gasteiger partial charge is 0.274 e. The summed E-state index contributed by atoms with van der Waals surface area (Å²) in [6, 6.07) is 28.5. The van der Waals surface area contributed by atoms with Gasteiger partial charge in [0, 0.05) is 11.5 Å². The Hall–Kier alpha value is -3.46. The molecule has 5 rings (SSSR count). The van der Waals surface area contributed by atoms with Gasteiger partial charge in [0.25, 0.3) is 5.91 Å². The first-order valence-electron chi connectivity index (χ1n) is 11.0. The molecular weight excluding hydrogens is 380 g/mol. The van der Waals surface area contributed by atoms with Gasteiger partial charge < -0.3 is 0 Å². The van der Waals surface area contributed by atoms with E-state index in [9.17, 15) is 4.79 Å². The molecule has 0 saturated heterocycles. The van der Waals surface area contributed by atoms with E-state index in [1.807, 2.05) is 55.5 Å². The van der Waals surface area contributed by atoms with Crippen molar-refractivity contribution in [3.63, 3.8) is 0 Å². The van der Waals surface area contributed by atoms with Gasteiger partial charge in [0.05, 0.1) is 11.8 Å².